The summed E-state index contributed by atoms with van der Waals surface area (Å²) in [5.74, 6) is -0.310. The first kappa shape index (κ1) is 14.3. The highest BCUT2D eigenvalue weighted by Gasteiger charge is 2.10. The van der Waals surface area contributed by atoms with Gasteiger partial charge >= 0.3 is 0 Å². The Labute approximate surface area is 136 Å². The first-order valence-electron chi connectivity index (χ1n) is 7.45. The van der Waals surface area contributed by atoms with Gasteiger partial charge in [0.2, 0.25) is 0 Å². The zero-order chi connectivity index (χ0) is 16.5. The van der Waals surface area contributed by atoms with E-state index < -0.39 is 0 Å². The Morgan fingerprint density at radius 3 is 2.71 bits per heavy atom. The number of aromatic nitrogens is 4. The maximum atomic E-state index is 13.0. The van der Waals surface area contributed by atoms with Gasteiger partial charge in [0.25, 0.3) is 0 Å². The minimum atomic E-state index is -0.271. The van der Waals surface area contributed by atoms with E-state index in [1.54, 1.807) is 30.6 Å². The standard InChI is InChI=1S/C18H13FN4O/c19-14-3-1-12(2-4-14)16-9-13-7-11(10-20-18(13)22-16)8-17(24)15-5-6-21-23-15/h1-7,9-10H,8H2,(H,20,22)(H,21,23). The molecule has 2 N–H and O–H groups in total. The summed E-state index contributed by atoms with van der Waals surface area (Å²) in [6.07, 6.45) is 3.49. The smallest absolute Gasteiger partial charge is 0.185 e. The summed E-state index contributed by atoms with van der Waals surface area (Å²) in [4.78, 5) is 19.7. The van der Waals surface area contributed by atoms with Gasteiger partial charge in [-0.15, -0.1) is 0 Å². The molecule has 6 heteroatoms. The lowest BCUT2D eigenvalue weighted by atomic mass is 10.1. The molecule has 24 heavy (non-hydrogen) atoms. The van der Waals surface area contributed by atoms with Crippen molar-refractivity contribution in [2.24, 2.45) is 0 Å². The van der Waals surface area contributed by atoms with Crippen molar-refractivity contribution in [1.29, 1.82) is 0 Å². The number of halogens is 1. The molecule has 5 nitrogen and oxygen atoms in total. The summed E-state index contributed by atoms with van der Waals surface area (Å²) in [6, 6.07) is 11.8. The van der Waals surface area contributed by atoms with Crippen molar-refractivity contribution in [3.05, 3.63) is 71.9 Å². The number of Topliss-reactive ketones (excluding diaryl/α,β-unsaturated/α-hetero) is 1. The molecule has 4 rings (SSSR count). The number of nitrogens with zero attached hydrogens (tertiary/aromatic N) is 2. The van der Waals surface area contributed by atoms with Gasteiger partial charge in [-0.2, -0.15) is 5.10 Å². The highest BCUT2D eigenvalue weighted by molar-refractivity contribution is 5.96. The molecular weight excluding hydrogens is 307 g/mol. The monoisotopic (exact) mass is 320 g/mol. The van der Waals surface area contributed by atoms with E-state index in [9.17, 15) is 9.18 Å². The predicted octanol–water partition coefficient (Wildman–Crippen LogP) is 3.52. The second kappa shape index (κ2) is 5.73. The SMILES string of the molecule is O=C(Cc1cnc2[nH]c(-c3ccc(F)cc3)cc2c1)c1ccn[nH]1. The third kappa shape index (κ3) is 2.69. The van der Waals surface area contributed by atoms with Crippen LogP contribution in [-0.2, 0) is 6.42 Å². The number of ketones is 1. The molecule has 0 radical (unpaired) electrons. The van der Waals surface area contributed by atoms with E-state index in [0.717, 1.165) is 27.9 Å². The minimum Gasteiger partial charge on any atom is -0.339 e. The number of hydrogen-bond donors (Lipinski definition) is 2. The maximum absolute atomic E-state index is 13.0. The average Bonchev–Trinajstić information content (AvgIpc) is 3.24. The highest BCUT2D eigenvalue weighted by atomic mass is 19.1. The molecule has 0 atom stereocenters. The number of fused-ring (bicyclic) bond motifs is 1. The van der Waals surface area contributed by atoms with Crippen LogP contribution in [-0.4, -0.2) is 25.9 Å². The minimum absolute atomic E-state index is 0.0389. The van der Waals surface area contributed by atoms with Crippen LogP contribution in [0.25, 0.3) is 22.3 Å². The third-order valence-electron chi connectivity index (χ3n) is 3.85. The van der Waals surface area contributed by atoms with Crippen LogP contribution in [0.5, 0.6) is 0 Å². The number of H-pyrrole nitrogens is 2. The van der Waals surface area contributed by atoms with Gasteiger partial charge in [-0.1, -0.05) is 0 Å². The topological polar surface area (TPSA) is 74.4 Å². The van der Waals surface area contributed by atoms with Gasteiger partial charge in [0.15, 0.2) is 5.78 Å². The molecule has 1 aromatic carbocycles. The molecule has 3 heterocycles. The molecule has 0 saturated heterocycles. The number of nitrogens with one attached hydrogen (secondary N) is 2. The fourth-order valence-corrected chi connectivity index (χ4v) is 2.63. The molecule has 118 valence electrons. The summed E-state index contributed by atoms with van der Waals surface area (Å²) in [5, 5.41) is 7.36. The van der Waals surface area contributed by atoms with Gasteiger partial charge in [-0.25, -0.2) is 9.37 Å². The van der Waals surface area contributed by atoms with Crippen LogP contribution in [0.15, 0.2) is 54.9 Å². The molecule has 0 spiro atoms. The van der Waals surface area contributed by atoms with Crippen LogP contribution in [0.2, 0.25) is 0 Å². The average molecular weight is 320 g/mol. The van der Waals surface area contributed by atoms with Crippen molar-refractivity contribution in [3.63, 3.8) is 0 Å². The Hall–Kier alpha value is -3.28. The van der Waals surface area contributed by atoms with Crippen LogP contribution < -0.4 is 0 Å². The van der Waals surface area contributed by atoms with Crippen LogP contribution in [0.1, 0.15) is 16.1 Å². The lowest BCUT2D eigenvalue weighted by Crippen LogP contribution is -2.04. The van der Waals surface area contributed by atoms with Gasteiger partial charge in [-0.3, -0.25) is 9.89 Å². The van der Waals surface area contributed by atoms with Crippen LogP contribution in [0, 0.1) is 5.82 Å². The van der Waals surface area contributed by atoms with E-state index in [4.69, 9.17) is 0 Å². The number of carbonyl (C=O) groups excluding carboxylic acids is 1. The number of pyridine rings is 1. The fourth-order valence-electron chi connectivity index (χ4n) is 2.63. The number of hydrogen-bond acceptors (Lipinski definition) is 3. The summed E-state index contributed by atoms with van der Waals surface area (Å²) in [7, 11) is 0. The Morgan fingerprint density at radius 1 is 1.12 bits per heavy atom. The second-order valence-corrected chi connectivity index (χ2v) is 5.54. The third-order valence-corrected chi connectivity index (χ3v) is 3.85. The van der Waals surface area contributed by atoms with E-state index in [-0.39, 0.29) is 18.0 Å². The number of rotatable bonds is 4. The molecule has 0 aliphatic rings. The van der Waals surface area contributed by atoms with E-state index in [1.165, 1.54) is 12.1 Å². The van der Waals surface area contributed by atoms with E-state index in [2.05, 4.69) is 20.2 Å². The number of aromatic amines is 2. The summed E-state index contributed by atoms with van der Waals surface area (Å²) < 4.78 is 13.0. The summed E-state index contributed by atoms with van der Waals surface area (Å²) in [5.41, 5.74) is 3.77. The number of carbonyl (C=O) groups is 1. The summed E-state index contributed by atoms with van der Waals surface area (Å²) in [6.45, 7) is 0. The van der Waals surface area contributed by atoms with Gasteiger partial charge in [0, 0.05) is 29.9 Å². The zero-order valence-electron chi connectivity index (χ0n) is 12.6. The molecule has 0 unspecified atom stereocenters. The Balaban J connectivity index is 1.63. The summed E-state index contributed by atoms with van der Waals surface area (Å²) >= 11 is 0. The van der Waals surface area contributed by atoms with Crippen molar-refractivity contribution >= 4 is 16.8 Å². The van der Waals surface area contributed by atoms with E-state index in [0.29, 0.717) is 5.69 Å². The van der Waals surface area contributed by atoms with Crippen LogP contribution in [0.4, 0.5) is 4.39 Å². The lowest BCUT2D eigenvalue weighted by Gasteiger charge is -1.99. The predicted molar refractivity (Wildman–Crippen MR) is 88.1 cm³/mol. The molecular formula is C18H13FN4O. The number of benzene rings is 1. The van der Waals surface area contributed by atoms with Gasteiger partial charge in [-0.05, 0) is 53.6 Å². The van der Waals surface area contributed by atoms with Gasteiger partial charge in [0.1, 0.15) is 17.2 Å². The molecule has 0 saturated carbocycles. The van der Waals surface area contributed by atoms with Crippen molar-refractivity contribution in [2.75, 3.05) is 0 Å². The van der Waals surface area contributed by atoms with E-state index in [1.807, 2.05) is 12.1 Å². The maximum Gasteiger partial charge on any atom is 0.185 e. The molecule has 0 aliphatic heterocycles. The molecule has 3 aromatic heterocycles. The molecule has 0 fully saturated rings. The molecule has 4 aromatic rings. The van der Waals surface area contributed by atoms with Crippen molar-refractivity contribution < 1.29 is 9.18 Å². The second-order valence-electron chi connectivity index (χ2n) is 5.54. The highest BCUT2D eigenvalue weighted by Crippen LogP contribution is 2.24. The Morgan fingerprint density at radius 2 is 1.96 bits per heavy atom. The quantitative estimate of drug-likeness (QED) is 0.565. The first-order valence-corrected chi connectivity index (χ1v) is 7.45. The largest absolute Gasteiger partial charge is 0.339 e. The molecule has 0 aliphatic carbocycles. The van der Waals surface area contributed by atoms with E-state index >= 15 is 0 Å². The van der Waals surface area contributed by atoms with Crippen molar-refractivity contribution in [3.8, 4) is 11.3 Å². The van der Waals surface area contributed by atoms with Crippen molar-refractivity contribution in [2.45, 2.75) is 6.42 Å². The lowest BCUT2D eigenvalue weighted by molar-refractivity contribution is 0.0988. The Kier molecular flexibility index (Phi) is 3.42. The normalized spacial score (nSPS) is 11.0. The van der Waals surface area contributed by atoms with Gasteiger partial charge < -0.3 is 4.98 Å². The zero-order valence-corrected chi connectivity index (χ0v) is 12.6. The Bertz CT molecular complexity index is 1000. The van der Waals surface area contributed by atoms with Gasteiger partial charge in [0.05, 0.1) is 0 Å². The van der Waals surface area contributed by atoms with Crippen LogP contribution >= 0.6 is 0 Å². The molecule has 0 bridgehead atoms. The fraction of sp³-hybridized carbons (Fsp3) is 0.0556. The van der Waals surface area contributed by atoms with Crippen LogP contribution in [0.3, 0.4) is 0 Å². The first-order chi connectivity index (χ1) is 11.7. The molecule has 0 amide bonds. The van der Waals surface area contributed by atoms with Crippen molar-refractivity contribution in [1.82, 2.24) is 20.2 Å².